The number of amides is 1. The summed E-state index contributed by atoms with van der Waals surface area (Å²) in [7, 11) is 0. The quantitative estimate of drug-likeness (QED) is 0.446. The topological polar surface area (TPSA) is 77.2 Å². The maximum Gasteiger partial charge on any atom is 0.262 e. The molecule has 2 aromatic heterocycles. The first-order valence-electron chi connectivity index (χ1n) is 9.01. The van der Waals surface area contributed by atoms with E-state index in [1.54, 1.807) is 24.4 Å². The van der Waals surface area contributed by atoms with Crippen LogP contribution in [0.25, 0.3) is 22.7 Å². The van der Waals surface area contributed by atoms with Gasteiger partial charge >= 0.3 is 0 Å². The molecular weight excluding hydrogens is 434 g/mol. The Labute approximate surface area is 176 Å². The highest BCUT2D eigenvalue weighted by Crippen LogP contribution is 2.30. The van der Waals surface area contributed by atoms with Crippen LogP contribution in [0.4, 0.5) is 5.69 Å². The van der Waals surface area contributed by atoms with Gasteiger partial charge in [0, 0.05) is 17.4 Å². The monoisotopic (exact) mass is 451 g/mol. The van der Waals surface area contributed by atoms with E-state index in [0.29, 0.717) is 28.6 Å². The lowest BCUT2D eigenvalue weighted by molar-refractivity contribution is -0.118. The Morgan fingerprint density at radius 2 is 1.97 bits per heavy atom. The third-order valence-corrected chi connectivity index (χ3v) is 4.89. The number of halogens is 1. The molecule has 0 bridgehead atoms. The van der Waals surface area contributed by atoms with Gasteiger partial charge in [-0.1, -0.05) is 6.07 Å². The zero-order valence-electron chi connectivity index (χ0n) is 15.9. The minimum absolute atomic E-state index is 0.0823. The molecule has 0 radical (unpaired) electrons. The van der Waals surface area contributed by atoms with Crippen molar-refractivity contribution < 1.29 is 13.9 Å². The van der Waals surface area contributed by atoms with Gasteiger partial charge in [0.2, 0.25) is 5.89 Å². The minimum atomic E-state index is -0.240. The molecule has 146 valence electrons. The van der Waals surface area contributed by atoms with Crippen LogP contribution in [0.1, 0.15) is 11.1 Å². The van der Waals surface area contributed by atoms with E-state index in [0.717, 1.165) is 21.2 Å². The summed E-state index contributed by atoms with van der Waals surface area (Å²) in [5.74, 6) is 0.918. The highest BCUT2D eigenvalue weighted by molar-refractivity contribution is 9.10. The standard InChI is InChI=1S/C22H18BrN3O3/c1-13-10-14(2)20(17(23)11-13)28-12-19(27)25-16-7-5-15(6-8-16)22-26-21-18(29-22)4-3-9-24-21/h3-11H,12H2,1-2H3,(H,25,27). The van der Waals surface area contributed by atoms with Gasteiger partial charge in [-0.25, -0.2) is 4.98 Å². The SMILES string of the molecule is Cc1cc(C)c(OCC(=O)Nc2ccc(-c3nc4ncccc4o3)cc2)c(Br)c1. The number of aryl methyl sites for hydroxylation is 2. The average Bonchev–Trinajstić information content (AvgIpc) is 3.12. The van der Waals surface area contributed by atoms with Crippen LogP contribution in [0.2, 0.25) is 0 Å². The number of rotatable bonds is 5. The van der Waals surface area contributed by atoms with Crippen LogP contribution in [0.3, 0.4) is 0 Å². The predicted octanol–water partition coefficient (Wildman–Crippen LogP) is 5.29. The Bertz CT molecular complexity index is 1130. The molecule has 1 amide bonds. The molecule has 7 heteroatoms. The number of pyridine rings is 1. The van der Waals surface area contributed by atoms with Gasteiger partial charge in [-0.05, 0) is 83.4 Å². The van der Waals surface area contributed by atoms with E-state index < -0.39 is 0 Å². The van der Waals surface area contributed by atoms with E-state index in [1.807, 2.05) is 44.2 Å². The van der Waals surface area contributed by atoms with Gasteiger partial charge in [0.1, 0.15) is 5.75 Å². The van der Waals surface area contributed by atoms with Crippen molar-refractivity contribution in [3.8, 4) is 17.2 Å². The van der Waals surface area contributed by atoms with Crippen LogP contribution < -0.4 is 10.1 Å². The van der Waals surface area contributed by atoms with Crippen molar-refractivity contribution in [1.82, 2.24) is 9.97 Å². The van der Waals surface area contributed by atoms with Gasteiger partial charge in [0.25, 0.3) is 5.91 Å². The fraction of sp³-hybridized carbons (Fsp3) is 0.136. The van der Waals surface area contributed by atoms with Crippen molar-refractivity contribution in [2.24, 2.45) is 0 Å². The highest BCUT2D eigenvalue weighted by Gasteiger charge is 2.11. The third kappa shape index (κ3) is 4.30. The number of ether oxygens (including phenoxy) is 1. The molecule has 2 aromatic carbocycles. The summed E-state index contributed by atoms with van der Waals surface area (Å²) < 4.78 is 12.2. The molecule has 0 aliphatic rings. The molecule has 6 nitrogen and oxygen atoms in total. The summed E-state index contributed by atoms with van der Waals surface area (Å²) in [6.45, 7) is 3.88. The van der Waals surface area contributed by atoms with Crippen LogP contribution in [0, 0.1) is 13.8 Å². The number of nitrogens with zero attached hydrogens (tertiary/aromatic N) is 2. The molecule has 1 N–H and O–H groups in total. The zero-order valence-corrected chi connectivity index (χ0v) is 17.5. The number of benzene rings is 2. The number of fused-ring (bicyclic) bond motifs is 1. The number of hydrogen-bond acceptors (Lipinski definition) is 5. The number of carbonyl (C=O) groups excluding carboxylic acids is 1. The molecule has 0 aliphatic heterocycles. The largest absolute Gasteiger partial charge is 0.482 e. The molecule has 2 heterocycles. The van der Waals surface area contributed by atoms with Crippen LogP contribution in [0.15, 0.2) is 63.6 Å². The Balaban J connectivity index is 1.40. The lowest BCUT2D eigenvalue weighted by atomic mass is 10.1. The van der Waals surface area contributed by atoms with Crippen molar-refractivity contribution >= 4 is 38.8 Å². The maximum absolute atomic E-state index is 12.3. The fourth-order valence-corrected chi connectivity index (χ4v) is 3.80. The number of oxazole rings is 1. The van der Waals surface area contributed by atoms with Gasteiger partial charge in [0.15, 0.2) is 17.8 Å². The normalized spacial score (nSPS) is 10.9. The van der Waals surface area contributed by atoms with Crippen molar-refractivity contribution in [3.05, 3.63) is 70.3 Å². The number of carbonyl (C=O) groups is 1. The summed E-state index contributed by atoms with van der Waals surface area (Å²) in [4.78, 5) is 20.8. The molecule has 0 spiro atoms. The first-order chi connectivity index (χ1) is 14.0. The first kappa shape index (κ1) is 19.1. The maximum atomic E-state index is 12.3. The molecule has 4 aromatic rings. The van der Waals surface area contributed by atoms with Crippen molar-refractivity contribution in [1.29, 1.82) is 0 Å². The molecule has 0 saturated heterocycles. The Morgan fingerprint density at radius 3 is 2.69 bits per heavy atom. The molecule has 0 aliphatic carbocycles. The van der Waals surface area contributed by atoms with E-state index in [4.69, 9.17) is 9.15 Å². The second-order valence-corrected chi connectivity index (χ2v) is 7.51. The second-order valence-electron chi connectivity index (χ2n) is 6.65. The highest BCUT2D eigenvalue weighted by atomic mass is 79.9. The smallest absolute Gasteiger partial charge is 0.262 e. The molecule has 0 atom stereocenters. The van der Waals surface area contributed by atoms with Gasteiger partial charge in [-0.2, -0.15) is 4.98 Å². The summed E-state index contributed by atoms with van der Waals surface area (Å²) in [6, 6.07) is 14.9. The van der Waals surface area contributed by atoms with E-state index in [2.05, 4.69) is 31.2 Å². The molecule has 0 unspecified atom stereocenters. The van der Waals surface area contributed by atoms with Crippen LogP contribution in [0.5, 0.6) is 5.75 Å². The molecule has 29 heavy (non-hydrogen) atoms. The third-order valence-electron chi connectivity index (χ3n) is 4.30. The van der Waals surface area contributed by atoms with E-state index >= 15 is 0 Å². The Kier molecular flexibility index (Phi) is 5.31. The molecular formula is C22H18BrN3O3. The lowest BCUT2D eigenvalue weighted by Crippen LogP contribution is -2.20. The van der Waals surface area contributed by atoms with Crippen LogP contribution >= 0.6 is 15.9 Å². The zero-order chi connectivity index (χ0) is 20.4. The summed E-state index contributed by atoms with van der Waals surface area (Å²) in [5, 5.41) is 2.83. The summed E-state index contributed by atoms with van der Waals surface area (Å²) in [6.07, 6.45) is 1.67. The Morgan fingerprint density at radius 1 is 1.17 bits per heavy atom. The number of anilines is 1. The van der Waals surface area contributed by atoms with E-state index in [-0.39, 0.29) is 12.5 Å². The van der Waals surface area contributed by atoms with Crippen LogP contribution in [-0.4, -0.2) is 22.5 Å². The predicted molar refractivity (Wildman–Crippen MR) is 115 cm³/mol. The van der Waals surface area contributed by atoms with Crippen LogP contribution in [-0.2, 0) is 4.79 Å². The first-order valence-corrected chi connectivity index (χ1v) is 9.80. The van der Waals surface area contributed by atoms with Gasteiger partial charge in [0.05, 0.1) is 4.47 Å². The number of aromatic nitrogens is 2. The average molecular weight is 452 g/mol. The number of hydrogen-bond donors (Lipinski definition) is 1. The molecule has 0 fully saturated rings. The minimum Gasteiger partial charge on any atom is -0.482 e. The van der Waals surface area contributed by atoms with E-state index in [9.17, 15) is 4.79 Å². The van der Waals surface area contributed by atoms with Crippen molar-refractivity contribution in [2.45, 2.75) is 13.8 Å². The fourth-order valence-electron chi connectivity index (χ4n) is 3.01. The van der Waals surface area contributed by atoms with E-state index in [1.165, 1.54) is 0 Å². The molecule has 4 rings (SSSR count). The molecule has 0 saturated carbocycles. The van der Waals surface area contributed by atoms with Crippen molar-refractivity contribution in [3.63, 3.8) is 0 Å². The van der Waals surface area contributed by atoms with Gasteiger partial charge < -0.3 is 14.5 Å². The summed E-state index contributed by atoms with van der Waals surface area (Å²) in [5.41, 5.74) is 4.76. The van der Waals surface area contributed by atoms with Crippen molar-refractivity contribution in [2.75, 3.05) is 11.9 Å². The van der Waals surface area contributed by atoms with Gasteiger partial charge in [-0.15, -0.1) is 0 Å². The number of nitrogens with one attached hydrogen (secondary N) is 1. The Hall–Kier alpha value is -3.19. The summed E-state index contributed by atoms with van der Waals surface area (Å²) >= 11 is 3.48. The second kappa shape index (κ2) is 8.05. The lowest BCUT2D eigenvalue weighted by Gasteiger charge is -2.12. The van der Waals surface area contributed by atoms with Gasteiger partial charge in [-0.3, -0.25) is 4.79 Å².